The van der Waals surface area contributed by atoms with Gasteiger partial charge in [0.05, 0.1) is 29.2 Å². The van der Waals surface area contributed by atoms with Gasteiger partial charge in [-0.3, -0.25) is 13.9 Å². The Morgan fingerprint density at radius 1 is 1.05 bits per heavy atom. The number of hydrogen-bond donors (Lipinski definition) is 2. The minimum Gasteiger partial charge on any atom is -0.484 e. The quantitative estimate of drug-likeness (QED) is 0.347. The lowest BCUT2D eigenvalue weighted by Gasteiger charge is -2.36. The van der Waals surface area contributed by atoms with Gasteiger partial charge in [-0.2, -0.15) is 13.2 Å². The molecule has 3 aromatic rings. The van der Waals surface area contributed by atoms with E-state index in [1.165, 1.54) is 25.1 Å². The van der Waals surface area contributed by atoms with Gasteiger partial charge >= 0.3 is 6.18 Å². The number of nitrogens with one attached hydrogen (secondary N) is 2. The van der Waals surface area contributed by atoms with Crippen LogP contribution in [0.1, 0.15) is 26.3 Å². The van der Waals surface area contributed by atoms with Crippen molar-refractivity contribution in [1.29, 1.82) is 0 Å². The molecule has 0 aliphatic carbocycles. The summed E-state index contributed by atoms with van der Waals surface area (Å²) in [6.45, 7) is 4.01. The van der Waals surface area contributed by atoms with E-state index in [2.05, 4.69) is 10.6 Å². The van der Waals surface area contributed by atoms with Gasteiger partial charge in [0, 0.05) is 12.5 Å². The van der Waals surface area contributed by atoms with Gasteiger partial charge < -0.3 is 15.4 Å². The number of nitrogens with zero attached hydrogens (tertiary/aromatic N) is 1. The number of carbonyl (C=O) groups excluding carboxylic acids is 2. The molecule has 43 heavy (non-hydrogen) atoms. The molecule has 2 amide bonds. The van der Waals surface area contributed by atoms with Gasteiger partial charge in [0.1, 0.15) is 29.5 Å². The second-order valence-corrected chi connectivity index (χ2v) is 12.1. The van der Waals surface area contributed by atoms with Crippen molar-refractivity contribution in [2.45, 2.75) is 44.0 Å². The molecule has 0 radical (unpaired) electrons. The van der Waals surface area contributed by atoms with E-state index in [0.717, 1.165) is 40.7 Å². The molecule has 2 N–H and O–H groups in total. The Balaban J connectivity index is 1.74. The van der Waals surface area contributed by atoms with Crippen LogP contribution in [0.2, 0.25) is 0 Å². The number of sulfonamides is 1. The first-order valence-electron chi connectivity index (χ1n) is 13.1. The zero-order chi connectivity index (χ0) is 31.7. The lowest BCUT2D eigenvalue weighted by molar-refractivity contribution is -0.137. The zero-order valence-corrected chi connectivity index (χ0v) is 24.0. The molecule has 0 fully saturated rings. The van der Waals surface area contributed by atoms with Crippen molar-refractivity contribution in [1.82, 2.24) is 10.6 Å². The van der Waals surface area contributed by atoms with Crippen LogP contribution in [-0.4, -0.2) is 45.5 Å². The summed E-state index contributed by atoms with van der Waals surface area (Å²) >= 11 is 0. The number of anilines is 1. The van der Waals surface area contributed by atoms with E-state index >= 15 is 0 Å². The average Bonchev–Trinajstić information content (AvgIpc) is 2.94. The predicted octanol–water partition coefficient (Wildman–Crippen LogP) is 4.88. The largest absolute Gasteiger partial charge is 0.484 e. The highest BCUT2D eigenvalue weighted by atomic mass is 32.2. The number of hydrogen-bond acceptors (Lipinski definition) is 5. The maximum absolute atomic E-state index is 14.6. The fourth-order valence-electron chi connectivity index (χ4n) is 4.57. The van der Waals surface area contributed by atoms with Crippen LogP contribution in [0.15, 0.2) is 65.6 Å². The summed E-state index contributed by atoms with van der Waals surface area (Å²) in [4.78, 5) is 23.7. The number of benzene rings is 3. The monoisotopic (exact) mass is 625 g/mol. The molecular formula is C29H28F5N3O5S. The Morgan fingerprint density at radius 2 is 1.77 bits per heavy atom. The molecule has 1 unspecified atom stereocenters. The summed E-state index contributed by atoms with van der Waals surface area (Å²) in [5.41, 5.74) is -1.39. The van der Waals surface area contributed by atoms with Crippen LogP contribution in [0.3, 0.4) is 0 Å². The summed E-state index contributed by atoms with van der Waals surface area (Å²) in [5, 5.41) is 5.16. The Morgan fingerprint density at radius 3 is 2.42 bits per heavy atom. The van der Waals surface area contributed by atoms with Crippen molar-refractivity contribution in [3.8, 4) is 16.9 Å². The molecule has 14 heteroatoms. The smallest absolute Gasteiger partial charge is 0.416 e. The van der Waals surface area contributed by atoms with Crippen molar-refractivity contribution in [2.24, 2.45) is 5.92 Å². The summed E-state index contributed by atoms with van der Waals surface area (Å²) in [5.74, 6) is -2.82. The summed E-state index contributed by atoms with van der Waals surface area (Å²) in [6, 6.07) is 8.99. The fraction of sp³-hybridized carbons (Fsp3) is 0.310. The Kier molecular flexibility index (Phi) is 9.00. The van der Waals surface area contributed by atoms with Crippen LogP contribution in [0.25, 0.3) is 11.1 Å². The molecule has 2 atom stereocenters. The van der Waals surface area contributed by atoms with E-state index in [-0.39, 0.29) is 35.0 Å². The van der Waals surface area contributed by atoms with E-state index < -0.39 is 68.8 Å². The molecule has 3 aromatic carbocycles. The van der Waals surface area contributed by atoms with Crippen molar-refractivity contribution >= 4 is 27.5 Å². The van der Waals surface area contributed by atoms with Crippen LogP contribution < -0.4 is 19.7 Å². The first kappa shape index (κ1) is 31.7. The third-order valence-electron chi connectivity index (χ3n) is 6.69. The number of alkyl halides is 3. The first-order chi connectivity index (χ1) is 20.1. The van der Waals surface area contributed by atoms with Crippen LogP contribution in [0, 0.1) is 17.6 Å². The van der Waals surface area contributed by atoms with E-state index in [0.29, 0.717) is 6.07 Å². The molecule has 0 bridgehead atoms. The highest BCUT2D eigenvalue weighted by Gasteiger charge is 2.38. The number of rotatable bonds is 8. The lowest BCUT2D eigenvalue weighted by atomic mass is 10.0. The number of fused-ring (bicyclic) bond motifs is 1. The third-order valence-corrected chi connectivity index (χ3v) is 8.47. The van der Waals surface area contributed by atoms with Crippen molar-refractivity contribution in [3.63, 3.8) is 0 Å². The minimum atomic E-state index is -4.82. The molecular weight excluding hydrogens is 597 g/mol. The van der Waals surface area contributed by atoms with E-state index in [9.17, 15) is 40.0 Å². The van der Waals surface area contributed by atoms with Crippen LogP contribution in [0.5, 0.6) is 5.75 Å². The highest BCUT2D eigenvalue weighted by Crippen LogP contribution is 2.41. The summed E-state index contributed by atoms with van der Waals surface area (Å²) in [7, 11) is -4.68. The summed E-state index contributed by atoms with van der Waals surface area (Å²) in [6.07, 6.45) is -5.83. The van der Waals surface area contributed by atoms with E-state index in [1.807, 2.05) is 0 Å². The fourth-order valence-corrected chi connectivity index (χ4v) is 6.12. The third kappa shape index (κ3) is 7.07. The van der Waals surface area contributed by atoms with Crippen molar-refractivity contribution in [3.05, 3.63) is 77.9 Å². The molecule has 8 nitrogen and oxygen atoms in total. The lowest BCUT2D eigenvalue weighted by Crippen LogP contribution is -2.53. The van der Waals surface area contributed by atoms with Gasteiger partial charge in [0.2, 0.25) is 11.8 Å². The zero-order valence-electron chi connectivity index (χ0n) is 23.2. The molecule has 4 rings (SSSR count). The molecule has 0 saturated heterocycles. The second kappa shape index (κ2) is 12.2. The van der Waals surface area contributed by atoms with Gasteiger partial charge in [-0.15, -0.1) is 0 Å². The highest BCUT2D eigenvalue weighted by molar-refractivity contribution is 7.92. The van der Waals surface area contributed by atoms with Crippen molar-refractivity contribution < 1.29 is 44.7 Å². The number of amides is 2. The molecule has 230 valence electrons. The minimum absolute atomic E-state index is 0.0242. The van der Waals surface area contributed by atoms with Crippen molar-refractivity contribution in [2.75, 3.05) is 17.4 Å². The Hall–Kier alpha value is -4.20. The Bertz CT molecular complexity index is 1650. The van der Waals surface area contributed by atoms with Gasteiger partial charge in [-0.25, -0.2) is 17.2 Å². The predicted molar refractivity (Wildman–Crippen MR) is 148 cm³/mol. The van der Waals surface area contributed by atoms with E-state index in [1.54, 1.807) is 13.8 Å². The molecule has 0 aromatic heterocycles. The molecule has 0 saturated carbocycles. The van der Waals surface area contributed by atoms with Crippen LogP contribution in [0.4, 0.5) is 27.6 Å². The van der Waals surface area contributed by atoms with Gasteiger partial charge in [0.15, 0.2) is 0 Å². The first-order valence-corrected chi connectivity index (χ1v) is 14.5. The average molecular weight is 626 g/mol. The maximum atomic E-state index is 14.6. The molecule has 1 aliphatic heterocycles. The van der Waals surface area contributed by atoms with Gasteiger partial charge in [-0.1, -0.05) is 26.0 Å². The van der Waals surface area contributed by atoms with Crippen LogP contribution >= 0.6 is 0 Å². The maximum Gasteiger partial charge on any atom is 0.416 e. The molecule has 1 heterocycles. The topological polar surface area (TPSA) is 105 Å². The Labute approximate surface area is 244 Å². The SMILES string of the molecule is CC(=O)NC(C(=O)NC[C@H]1CN(S(=O)(=O)c2cccc(C(F)(F)F)c2)c2cc(-c3cc(F)ccc3F)ccc2O1)C(C)C. The van der Waals surface area contributed by atoms with E-state index in [4.69, 9.17) is 4.74 Å². The number of carbonyl (C=O) groups is 2. The van der Waals surface area contributed by atoms with Crippen LogP contribution in [-0.2, 0) is 25.8 Å². The second-order valence-electron chi connectivity index (χ2n) is 10.3. The van der Waals surface area contributed by atoms with Gasteiger partial charge in [0.25, 0.3) is 10.0 Å². The standard InChI is InChI=1S/C29H28F5N3O5S/c1-16(2)27(36-17(3)38)28(39)35-14-21-15-37(43(40,41)22-6-4-5-19(12-22)29(32,33)34)25-11-18(7-10-26(25)42-21)23-13-20(30)8-9-24(23)31/h4-13,16,21,27H,14-15H2,1-3H3,(H,35,39)(H,36,38)/t21-,27?/m0/s1. The molecule has 1 aliphatic rings. The number of ether oxygens (including phenoxy) is 1. The summed E-state index contributed by atoms with van der Waals surface area (Å²) < 4.78 is 103. The normalized spacial score (nSPS) is 15.8. The van der Waals surface area contributed by atoms with Gasteiger partial charge in [-0.05, 0) is 60.0 Å². The molecule has 0 spiro atoms. The number of halogens is 5.